The standard InChI is InChI=1S/C21H15FN4O2/c1-2-15-18(13-7-9-14(22)10-8-13)24-25(12-11-23)19(15)26-20(27)16-5-3-4-6-17(16)21(26)28/h3-10H,2,12H2,1H3. The zero-order chi connectivity index (χ0) is 19.8. The molecule has 0 spiro atoms. The third-order valence-electron chi connectivity index (χ3n) is 4.72. The van der Waals surface area contributed by atoms with Gasteiger partial charge in [-0.2, -0.15) is 10.4 Å². The number of carbonyl (C=O) groups excluding carboxylic acids is 2. The summed E-state index contributed by atoms with van der Waals surface area (Å²) in [6.45, 7) is 1.75. The molecule has 7 heteroatoms. The molecule has 2 amide bonds. The molecule has 6 nitrogen and oxygen atoms in total. The Morgan fingerprint density at radius 2 is 1.64 bits per heavy atom. The Kier molecular flexibility index (Phi) is 4.24. The van der Waals surface area contributed by atoms with Crippen LogP contribution in [0, 0.1) is 17.1 Å². The zero-order valence-corrected chi connectivity index (χ0v) is 15.0. The van der Waals surface area contributed by atoms with Crippen molar-refractivity contribution in [3.63, 3.8) is 0 Å². The Bertz CT molecular complexity index is 1110. The van der Waals surface area contributed by atoms with Crippen molar-refractivity contribution in [2.45, 2.75) is 19.9 Å². The molecule has 1 aromatic heterocycles. The van der Waals surface area contributed by atoms with E-state index in [1.54, 1.807) is 36.4 Å². The van der Waals surface area contributed by atoms with Crippen molar-refractivity contribution in [1.29, 1.82) is 5.26 Å². The molecular formula is C21H15FN4O2. The van der Waals surface area contributed by atoms with Gasteiger partial charge in [-0.3, -0.25) is 9.59 Å². The van der Waals surface area contributed by atoms with Gasteiger partial charge in [0.15, 0.2) is 0 Å². The first-order chi connectivity index (χ1) is 13.6. The summed E-state index contributed by atoms with van der Waals surface area (Å²) in [5, 5.41) is 13.7. The number of amides is 2. The lowest BCUT2D eigenvalue weighted by Crippen LogP contribution is -2.32. The van der Waals surface area contributed by atoms with E-state index in [4.69, 9.17) is 0 Å². The number of hydrogen-bond acceptors (Lipinski definition) is 4. The second-order valence-corrected chi connectivity index (χ2v) is 6.32. The lowest BCUT2D eigenvalue weighted by molar-refractivity contribution is 0.0923. The van der Waals surface area contributed by atoms with Gasteiger partial charge in [0.05, 0.1) is 22.9 Å². The van der Waals surface area contributed by atoms with E-state index in [0.717, 1.165) is 4.90 Å². The number of carbonyl (C=O) groups is 2. The van der Waals surface area contributed by atoms with Gasteiger partial charge in [-0.05, 0) is 42.8 Å². The predicted molar refractivity (Wildman–Crippen MR) is 100 cm³/mol. The highest BCUT2D eigenvalue weighted by Crippen LogP contribution is 2.36. The first kappa shape index (κ1) is 17.6. The first-order valence-electron chi connectivity index (χ1n) is 8.77. The third-order valence-corrected chi connectivity index (χ3v) is 4.72. The average molecular weight is 374 g/mol. The topological polar surface area (TPSA) is 79.0 Å². The minimum atomic E-state index is -0.444. The molecule has 0 fully saturated rings. The van der Waals surface area contributed by atoms with E-state index in [1.165, 1.54) is 16.8 Å². The van der Waals surface area contributed by atoms with Crippen LogP contribution in [0.4, 0.5) is 10.2 Å². The molecule has 0 atom stereocenters. The number of imide groups is 1. The molecule has 3 aromatic rings. The number of anilines is 1. The molecule has 0 N–H and O–H groups in total. The molecule has 0 radical (unpaired) electrons. The fourth-order valence-corrected chi connectivity index (χ4v) is 3.46. The minimum Gasteiger partial charge on any atom is -0.268 e. The van der Waals surface area contributed by atoms with Crippen molar-refractivity contribution in [2.75, 3.05) is 4.90 Å². The number of halogens is 1. The fraction of sp³-hybridized carbons (Fsp3) is 0.143. The Hall–Kier alpha value is -3.79. The summed E-state index contributed by atoms with van der Waals surface area (Å²) in [5.41, 5.74) is 2.46. The molecule has 138 valence electrons. The highest BCUT2D eigenvalue weighted by molar-refractivity contribution is 6.34. The molecular weight excluding hydrogens is 359 g/mol. The van der Waals surface area contributed by atoms with Crippen molar-refractivity contribution < 1.29 is 14.0 Å². The van der Waals surface area contributed by atoms with Crippen molar-refractivity contribution in [3.05, 3.63) is 71.0 Å². The number of fused-ring (bicyclic) bond motifs is 1. The summed E-state index contributed by atoms with van der Waals surface area (Å²) in [6, 6.07) is 14.4. The van der Waals surface area contributed by atoms with Gasteiger partial charge in [-0.1, -0.05) is 19.1 Å². The molecule has 0 aliphatic carbocycles. The van der Waals surface area contributed by atoms with Gasteiger partial charge < -0.3 is 0 Å². The summed E-state index contributed by atoms with van der Waals surface area (Å²) in [6.07, 6.45) is 0.473. The molecule has 2 aromatic carbocycles. The second kappa shape index (κ2) is 6.74. The normalized spacial score (nSPS) is 13.0. The van der Waals surface area contributed by atoms with E-state index in [0.29, 0.717) is 34.4 Å². The van der Waals surface area contributed by atoms with Crippen molar-refractivity contribution in [1.82, 2.24) is 9.78 Å². The van der Waals surface area contributed by atoms with Crippen molar-refractivity contribution in [2.24, 2.45) is 0 Å². The van der Waals surface area contributed by atoms with Crippen LogP contribution in [0.25, 0.3) is 11.3 Å². The summed E-state index contributed by atoms with van der Waals surface area (Å²) >= 11 is 0. The summed E-state index contributed by atoms with van der Waals surface area (Å²) in [7, 11) is 0. The molecule has 28 heavy (non-hydrogen) atoms. The first-order valence-corrected chi connectivity index (χ1v) is 8.77. The van der Waals surface area contributed by atoms with E-state index in [2.05, 4.69) is 5.10 Å². The highest BCUT2D eigenvalue weighted by atomic mass is 19.1. The number of rotatable bonds is 4. The van der Waals surface area contributed by atoms with Crippen LogP contribution in [0.3, 0.4) is 0 Å². The van der Waals surface area contributed by atoms with Gasteiger partial charge in [0.2, 0.25) is 0 Å². The number of hydrogen-bond donors (Lipinski definition) is 0. The van der Waals surface area contributed by atoms with Gasteiger partial charge >= 0.3 is 0 Å². The SMILES string of the molecule is CCc1c(-c2ccc(F)cc2)nn(CC#N)c1N1C(=O)c2ccccc2C1=O. The second-order valence-electron chi connectivity index (χ2n) is 6.32. The lowest BCUT2D eigenvalue weighted by Gasteiger charge is -2.16. The maximum Gasteiger partial charge on any atom is 0.267 e. The number of nitriles is 1. The van der Waals surface area contributed by atoms with Gasteiger partial charge in [0.1, 0.15) is 18.2 Å². The van der Waals surface area contributed by atoms with Crippen LogP contribution >= 0.6 is 0 Å². The molecule has 4 rings (SSSR count). The Morgan fingerprint density at radius 3 is 2.18 bits per heavy atom. The number of benzene rings is 2. The van der Waals surface area contributed by atoms with E-state index in [9.17, 15) is 19.2 Å². The predicted octanol–water partition coefficient (Wildman–Crippen LogP) is 3.58. The molecule has 2 heterocycles. The maximum atomic E-state index is 13.3. The fourth-order valence-electron chi connectivity index (χ4n) is 3.46. The molecule has 0 bridgehead atoms. The monoisotopic (exact) mass is 374 g/mol. The Labute approximate surface area is 160 Å². The molecule has 0 unspecified atom stereocenters. The third kappa shape index (κ3) is 2.58. The van der Waals surface area contributed by atoms with Crippen LogP contribution in [-0.4, -0.2) is 21.6 Å². The van der Waals surface area contributed by atoms with Gasteiger partial charge in [-0.25, -0.2) is 14.0 Å². The van der Waals surface area contributed by atoms with Gasteiger partial charge in [0, 0.05) is 11.1 Å². The van der Waals surface area contributed by atoms with Gasteiger partial charge in [-0.15, -0.1) is 0 Å². The van der Waals surface area contributed by atoms with Crippen molar-refractivity contribution in [3.8, 4) is 17.3 Å². The maximum absolute atomic E-state index is 13.3. The molecule has 0 saturated carbocycles. The largest absolute Gasteiger partial charge is 0.268 e. The summed E-state index contributed by atoms with van der Waals surface area (Å²) in [5.74, 6) is -0.978. The zero-order valence-electron chi connectivity index (χ0n) is 15.0. The number of aromatic nitrogens is 2. The highest BCUT2D eigenvalue weighted by Gasteiger charge is 2.40. The summed E-state index contributed by atoms with van der Waals surface area (Å²) < 4.78 is 14.7. The van der Waals surface area contributed by atoms with Crippen LogP contribution in [-0.2, 0) is 13.0 Å². The van der Waals surface area contributed by atoms with Gasteiger partial charge in [0.25, 0.3) is 11.8 Å². The van der Waals surface area contributed by atoms with Crippen LogP contribution < -0.4 is 4.90 Å². The minimum absolute atomic E-state index is 0.128. The van der Waals surface area contributed by atoms with E-state index >= 15 is 0 Å². The van der Waals surface area contributed by atoms with E-state index in [-0.39, 0.29) is 18.2 Å². The Morgan fingerprint density at radius 1 is 1.04 bits per heavy atom. The lowest BCUT2D eigenvalue weighted by atomic mass is 10.1. The van der Waals surface area contributed by atoms with Crippen LogP contribution in [0.2, 0.25) is 0 Å². The average Bonchev–Trinajstić information content (AvgIpc) is 3.18. The quantitative estimate of drug-likeness (QED) is 0.654. The van der Waals surface area contributed by atoms with E-state index in [1.807, 2.05) is 13.0 Å². The smallest absolute Gasteiger partial charge is 0.267 e. The van der Waals surface area contributed by atoms with Crippen LogP contribution in [0.1, 0.15) is 33.2 Å². The Balaban J connectivity index is 1.92. The molecule has 1 aliphatic heterocycles. The number of nitrogens with zero attached hydrogens (tertiary/aromatic N) is 4. The summed E-state index contributed by atoms with van der Waals surface area (Å²) in [4.78, 5) is 27.0. The molecule has 1 aliphatic rings. The van der Waals surface area contributed by atoms with Crippen LogP contribution in [0.15, 0.2) is 48.5 Å². The van der Waals surface area contributed by atoms with Crippen LogP contribution in [0.5, 0.6) is 0 Å². The van der Waals surface area contributed by atoms with E-state index < -0.39 is 11.8 Å². The molecule has 0 saturated heterocycles. The van der Waals surface area contributed by atoms with Crippen molar-refractivity contribution >= 4 is 17.6 Å².